The molecule has 0 spiro atoms. The van der Waals surface area contributed by atoms with Gasteiger partial charge in [0.2, 0.25) is 5.91 Å². The summed E-state index contributed by atoms with van der Waals surface area (Å²) in [5, 5.41) is 15.1. The molecule has 28 heavy (non-hydrogen) atoms. The van der Waals surface area contributed by atoms with Crippen LogP contribution in [0.4, 0.5) is 0 Å². The van der Waals surface area contributed by atoms with Crippen LogP contribution in [0.15, 0.2) is 58.8 Å². The summed E-state index contributed by atoms with van der Waals surface area (Å²) >= 11 is 0. The van der Waals surface area contributed by atoms with Gasteiger partial charge in [-0.25, -0.2) is 0 Å². The van der Waals surface area contributed by atoms with Gasteiger partial charge in [0.05, 0.1) is 12.1 Å². The van der Waals surface area contributed by atoms with E-state index in [1.54, 1.807) is 18.2 Å². The Bertz CT molecular complexity index is 1160. The zero-order valence-electron chi connectivity index (χ0n) is 15.5. The predicted molar refractivity (Wildman–Crippen MR) is 103 cm³/mol. The van der Waals surface area contributed by atoms with Crippen molar-refractivity contribution in [1.82, 2.24) is 30.1 Å². The lowest BCUT2D eigenvalue weighted by Gasteiger charge is -2.05. The van der Waals surface area contributed by atoms with Gasteiger partial charge in [-0.1, -0.05) is 35.5 Å². The molecule has 4 aromatic rings. The molecule has 3 heterocycles. The highest BCUT2D eigenvalue weighted by atomic mass is 16.5. The Labute approximate surface area is 160 Å². The van der Waals surface area contributed by atoms with Crippen molar-refractivity contribution in [3.63, 3.8) is 0 Å². The summed E-state index contributed by atoms with van der Waals surface area (Å²) in [6.07, 6.45) is 3.67. The van der Waals surface area contributed by atoms with Crippen LogP contribution < -0.4 is 5.32 Å². The zero-order chi connectivity index (χ0) is 19.5. The Kier molecular flexibility index (Phi) is 4.67. The van der Waals surface area contributed by atoms with Crippen molar-refractivity contribution in [3.05, 3.63) is 71.4 Å². The molecule has 0 unspecified atom stereocenters. The number of benzene rings is 1. The molecule has 8 heteroatoms. The van der Waals surface area contributed by atoms with Crippen molar-refractivity contribution in [1.29, 1.82) is 0 Å². The molecule has 0 fully saturated rings. The van der Waals surface area contributed by atoms with E-state index in [0.717, 1.165) is 5.56 Å². The highest BCUT2D eigenvalue weighted by Gasteiger charge is 2.15. The van der Waals surface area contributed by atoms with E-state index in [1.807, 2.05) is 54.7 Å². The van der Waals surface area contributed by atoms with Crippen LogP contribution >= 0.6 is 0 Å². The van der Waals surface area contributed by atoms with Crippen LogP contribution in [0.2, 0.25) is 0 Å². The Morgan fingerprint density at radius 1 is 1.18 bits per heavy atom. The molecule has 4 rings (SSSR count). The monoisotopic (exact) mass is 374 g/mol. The molecule has 0 bridgehead atoms. The summed E-state index contributed by atoms with van der Waals surface area (Å²) in [6.45, 7) is 3.77. The SMILES string of the molecule is CC(=Cc1ccccc1)C(=O)NCc1nnc2c(-c3nc(C)no3)cccn12. The highest BCUT2D eigenvalue weighted by Crippen LogP contribution is 2.22. The van der Waals surface area contributed by atoms with Gasteiger partial charge in [-0.15, -0.1) is 10.2 Å². The van der Waals surface area contributed by atoms with Gasteiger partial charge in [-0.3, -0.25) is 9.20 Å². The maximum atomic E-state index is 12.4. The minimum atomic E-state index is -0.163. The highest BCUT2D eigenvalue weighted by molar-refractivity contribution is 5.97. The Morgan fingerprint density at radius 2 is 2.00 bits per heavy atom. The van der Waals surface area contributed by atoms with Gasteiger partial charge in [0.1, 0.15) is 0 Å². The molecule has 1 N–H and O–H groups in total. The fourth-order valence-electron chi connectivity index (χ4n) is 2.82. The molecule has 0 saturated carbocycles. The number of pyridine rings is 1. The van der Waals surface area contributed by atoms with E-state index in [4.69, 9.17) is 4.52 Å². The smallest absolute Gasteiger partial charge is 0.261 e. The van der Waals surface area contributed by atoms with E-state index in [-0.39, 0.29) is 12.5 Å². The van der Waals surface area contributed by atoms with Crippen molar-refractivity contribution in [2.75, 3.05) is 0 Å². The molecule has 140 valence electrons. The minimum Gasteiger partial charge on any atom is -0.345 e. The molecule has 0 aliphatic rings. The molecule has 0 aliphatic carbocycles. The molecule has 0 atom stereocenters. The Hall–Kier alpha value is -3.81. The van der Waals surface area contributed by atoms with Gasteiger partial charge < -0.3 is 9.84 Å². The molecule has 8 nitrogen and oxygen atoms in total. The normalized spacial score (nSPS) is 11.7. The molecular formula is C20H18N6O2. The fraction of sp³-hybridized carbons (Fsp3) is 0.150. The first-order valence-corrected chi connectivity index (χ1v) is 8.76. The molecule has 1 amide bonds. The van der Waals surface area contributed by atoms with Gasteiger partial charge in [0.25, 0.3) is 5.89 Å². The lowest BCUT2D eigenvalue weighted by Crippen LogP contribution is -2.24. The number of rotatable bonds is 5. The van der Waals surface area contributed by atoms with Crippen LogP contribution in [0.5, 0.6) is 0 Å². The largest absolute Gasteiger partial charge is 0.345 e. The van der Waals surface area contributed by atoms with Crippen molar-refractivity contribution in [2.24, 2.45) is 0 Å². The second-order valence-corrected chi connectivity index (χ2v) is 6.30. The van der Waals surface area contributed by atoms with Crippen LogP contribution in [0.3, 0.4) is 0 Å². The molecular weight excluding hydrogens is 356 g/mol. The molecule has 3 aromatic heterocycles. The molecule has 1 aromatic carbocycles. The first kappa shape index (κ1) is 17.6. The summed E-state index contributed by atoms with van der Waals surface area (Å²) < 4.78 is 7.03. The van der Waals surface area contributed by atoms with Crippen LogP contribution in [0.1, 0.15) is 24.1 Å². The Morgan fingerprint density at radius 3 is 2.75 bits per heavy atom. The average molecular weight is 374 g/mol. The van der Waals surface area contributed by atoms with E-state index < -0.39 is 0 Å². The van der Waals surface area contributed by atoms with E-state index in [9.17, 15) is 4.79 Å². The van der Waals surface area contributed by atoms with Gasteiger partial charge in [-0.2, -0.15) is 4.98 Å². The van der Waals surface area contributed by atoms with Crippen LogP contribution in [0.25, 0.3) is 23.2 Å². The summed E-state index contributed by atoms with van der Waals surface area (Å²) in [7, 11) is 0. The number of aryl methyl sites for hydroxylation is 1. The zero-order valence-corrected chi connectivity index (χ0v) is 15.5. The fourth-order valence-corrected chi connectivity index (χ4v) is 2.82. The Balaban J connectivity index is 1.53. The number of hydrogen-bond donors (Lipinski definition) is 1. The number of nitrogens with zero attached hydrogens (tertiary/aromatic N) is 5. The maximum Gasteiger partial charge on any atom is 0.261 e. The van der Waals surface area contributed by atoms with E-state index in [0.29, 0.717) is 34.3 Å². The summed E-state index contributed by atoms with van der Waals surface area (Å²) in [6, 6.07) is 13.4. The van der Waals surface area contributed by atoms with Crippen LogP contribution in [-0.4, -0.2) is 30.6 Å². The lowest BCUT2D eigenvalue weighted by molar-refractivity contribution is -0.117. The first-order valence-electron chi connectivity index (χ1n) is 8.76. The lowest BCUT2D eigenvalue weighted by atomic mass is 10.1. The topological polar surface area (TPSA) is 98.2 Å². The quantitative estimate of drug-likeness (QED) is 0.540. The van der Waals surface area contributed by atoms with E-state index in [2.05, 4.69) is 25.7 Å². The van der Waals surface area contributed by atoms with Crippen molar-refractivity contribution in [2.45, 2.75) is 20.4 Å². The predicted octanol–water partition coefficient (Wildman–Crippen LogP) is 2.81. The van der Waals surface area contributed by atoms with Gasteiger partial charge >= 0.3 is 0 Å². The number of aromatic nitrogens is 5. The minimum absolute atomic E-state index is 0.163. The van der Waals surface area contributed by atoms with Gasteiger partial charge in [-0.05, 0) is 37.6 Å². The number of hydrogen-bond acceptors (Lipinski definition) is 6. The van der Waals surface area contributed by atoms with Gasteiger partial charge in [0.15, 0.2) is 17.3 Å². The van der Waals surface area contributed by atoms with Crippen molar-refractivity contribution >= 4 is 17.6 Å². The molecule has 0 radical (unpaired) electrons. The standard InChI is InChI=1S/C20H18N6O2/c1-13(11-15-7-4-3-5-8-15)19(27)21-12-17-23-24-18-16(9-6-10-26(17)18)20-22-14(2)25-28-20/h3-11H,12H2,1-2H3,(H,21,27). The third kappa shape index (κ3) is 3.52. The molecule has 0 saturated heterocycles. The first-order chi connectivity index (χ1) is 13.6. The number of carbonyl (C=O) groups is 1. The summed E-state index contributed by atoms with van der Waals surface area (Å²) in [4.78, 5) is 16.6. The number of amides is 1. The summed E-state index contributed by atoms with van der Waals surface area (Å²) in [5.41, 5.74) is 2.87. The second-order valence-electron chi connectivity index (χ2n) is 6.30. The van der Waals surface area contributed by atoms with E-state index in [1.165, 1.54) is 0 Å². The van der Waals surface area contributed by atoms with Crippen LogP contribution in [0, 0.1) is 6.92 Å². The number of carbonyl (C=O) groups excluding carboxylic acids is 1. The average Bonchev–Trinajstić information content (AvgIpc) is 3.33. The summed E-state index contributed by atoms with van der Waals surface area (Å²) in [5.74, 6) is 1.37. The van der Waals surface area contributed by atoms with Crippen molar-refractivity contribution < 1.29 is 9.32 Å². The third-order valence-corrected chi connectivity index (χ3v) is 4.21. The number of fused-ring (bicyclic) bond motifs is 1. The number of nitrogens with one attached hydrogen (secondary N) is 1. The van der Waals surface area contributed by atoms with E-state index >= 15 is 0 Å². The third-order valence-electron chi connectivity index (χ3n) is 4.21. The van der Waals surface area contributed by atoms with Crippen molar-refractivity contribution in [3.8, 4) is 11.5 Å². The van der Waals surface area contributed by atoms with Crippen LogP contribution in [-0.2, 0) is 11.3 Å². The van der Waals surface area contributed by atoms with Gasteiger partial charge in [0, 0.05) is 11.8 Å². The maximum absolute atomic E-state index is 12.4. The molecule has 0 aliphatic heterocycles. The second kappa shape index (κ2) is 7.43.